The zero-order valence-electron chi connectivity index (χ0n) is 15.9. The fraction of sp³-hybridized carbons (Fsp3) is 0.130. The van der Waals surface area contributed by atoms with Gasteiger partial charge in [0.1, 0.15) is 5.75 Å². The molecule has 0 aliphatic carbocycles. The molecule has 3 aromatic rings. The van der Waals surface area contributed by atoms with Gasteiger partial charge in [-0.3, -0.25) is 9.59 Å². The number of hydrogen-bond acceptors (Lipinski definition) is 3. The standard InChI is InChI=1S/C23H22N2O3/c1-16-9-8-14-20(17(16)2)25-23(27)19-12-6-7-13-21(19)24-22(26)15-28-18-10-4-3-5-11-18/h3-14H,15H2,1-2H3,(H,24,26)(H,25,27). The molecule has 0 unspecified atom stereocenters. The van der Waals surface area contributed by atoms with Gasteiger partial charge < -0.3 is 15.4 Å². The van der Waals surface area contributed by atoms with Crippen molar-refractivity contribution in [3.63, 3.8) is 0 Å². The van der Waals surface area contributed by atoms with Crippen LogP contribution in [0.1, 0.15) is 21.5 Å². The van der Waals surface area contributed by atoms with Crippen LogP contribution in [0.3, 0.4) is 0 Å². The van der Waals surface area contributed by atoms with Crippen molar-refractivity contribution in [3.05, 3.63) is 89.5 Å². The lowest BCUT2D eigenvalue weighted by atomic mass is 10.1. The quantitative estimate of drug-likeness (QED) is 0.664. The third-order valence-electron chi connectivity index (χ3n) is 4.41. The molecule has 5 heteroatoms. The van der Waals surface area contributed by atoms with Crippen LogP contribution in [0.15, 0.2) is 72.8 Å². The zero-order valence-corrected chi connectivity index (χ0v) is 15.9. The highest BCUT2D eigenvalue weighted by atomic mass is 16.5. The maximum Gasteiger partial charge on any atom is 0.262 e. The Bertz CT molecular complexity index is 984. The molecule has 0 aromatic heterocycles. The minimum absolute atomic E-state index is 0.142. The van der Waals surface area contributed by atoms with Crippen molar-refractivity contribution in [3.8, 4) is 5.75 Å². The molecule has 0 aliphatic rings. The van der Waals surface area contributed by atoms with Crippen LogP contribution >= 0.6 is 0 Å². The Morgan fingerprint density at radius 3 is 2.25 bits per heavy atom. The molecule has 3 aromatic carbocycles. The Labute approximate surface area is 164 Å². The van der Waals surface area contributed by atoms with Crippen molar-refractivity contribution in [2.45, 2.75) is 13.8 Å². The number of benzene rings is 3. The third kappa shape index (κ3) is 4.76. The molecule has 28 heavy (non-hydrogen) atoms. The van der Waals surface area contributed by atoms with Crippen LogP contribution in [0.25, 0.3) is 0 Å². The Morgan fingerprint density at radius 1 is 0.786 bits per heavy atom. The fourth-order valence-corrected chi connectivity index (χ4v) is 2.72. The second kappa shape index (κ2) is 8.86. The number of hydrogen-bond donors (Lipinski definition) is 2. The molecule has 2 amide bonds. The van der Waals surface area contributed by atoms with Gasteiger partial charge in [0.25, 0.3) is 11.8 Å². The molecule has 5 nitrogen and oxygen atoms in total. The van der Waals surface area contributed by atoms with Crippen LogP contribution < -0.4 is 15.4 Å². The minimum Gasteiger partial charge on any atom is -0.484 e. The number of ether oxygens (including phenoxy) is 1. The van der Waals surface area contributed by atoms with E-state index < -0.39 is 0 Å². The molecule has 142 valence electrons. The maximum absolute atomic E-state index is 12.8. The minimum atomic E-state index is -0.337. The first-order valence-electron chi connectivity index (χ1n) is 8.99. The van der Waals surface area contributed by atoms with Crippen molar-refractivity contribution in [1.29, 1.82) is 0 Å². The van der Waals surface area contributed by atoms with Crippen LogP contribution in [0, 0.1) is 13.8 Å². The summed E-state index contributed by atoms with van der Waals surface area (Å²) in [5.74, 6) is -0.0111. The average molecular weight is 374 g/mol. The Kier molecular flexibility index (Phi) is 6.07. The lowest BCUT2D eigenvalue weighted by Crippen LogP contribution is -2.23. The van der Waals surface area contributed by atoms with E-state index in [4.69, 9.17) is 4.74 Å². The highest BCUT2D eigenvalue weighted by Crippen LogP contribution is 2.21. The summed E-state index contributed by atoms with van der Waals surface area (Å²) in [7, 11) is 0. The Morgan fingerprint density at radius 2 is 1.46 bits per heavy atom. The highest BCUT2D eigenvalue weighted by molar-refractivity contribution is 6.10. The van der Waals surface area contributed by atoms with Gasteiger partial charge >= 0.3 is 0 Å². The molecule has 2 N–H and O–H groups in total. The second-order valence-corrected chi connectivity index (χ2v) is 6.40. The summed E-state index contributed by atoms with van der Waals surface area (Å²) in [6.45, 7) is 3.81. The molecule has 0 bridgehead atoms. The number of carbonyl (C=O) groups is 2. The Balaban J connectivity index is 1.69. The summed E-state index contributed by atoms with van der Waals surface area (Å²) in [6, 6.07) is 21.7. The summed E-state index contributed by atoms with van der Waals surface area (Å²) in [4.78, 5) is 25.0. The molecular formula is C23H22N2O3. The van der Waals surface area contributed by atoms with Gasteiger partial charge in [-0.15, -0.1) is 0 Å². The number of amides is 2. The van der Waals surface area contributed by atoms with Crippen molar-refractivity contribution in [2.24, 2.45) is 0 Å². The summed E-state index contributed by atoms with van der Waals surface area (Å²) in [5.41, 5.74) is 3.67. The van der Waals surface area contributed by atoms with E-state index in [1.54, 1.807) is 36.4 Å². The number of carbonyl (C=O) groups excluding carboxylic acids is 2. The van der Waals surface area contributed by atoms with Crippen LogP contribution in [0.2, 0.25) is 0 Å². The van der Waals surface area contributed by atoms with Crippen LogP contribution in [0.5, 0.6) is 5.75 Å². The lowest BCUT2D eigenvalue weighted by Gasteiger charge is -2.14. The molecule has 0 atom stereocenters. The number of rotatable bonds is 6. The predicted molar refractivity (Wildman–Crippen MR) is 111 cm³/mol. The zero-order chi connectivity index (χ0) is 19.9. The molecule has 3 rings (SSSR count). The summed E-state index contributed by atoms with van der Waals surface area (Å²) in [5, 5.41) is 5.67. The topological polar surface area (TPSA) is 67.4 Å². The summed E-state index contributed by atoms with van der Waals surface area (Å²) in [6.07, 6.45) is 0. The van der Waals surface area contributed by atoms with E-state index >= 15 is 0 Å². The fourth-order valence-electron chi connectivity index (χ4n) is 2.72. The molecule has 0 spiro atoms. The van der Waals surface area contributed by atoms with Crippen molar-refractivity contribution in [1.82, 2.24) is 0 Å². The van der Waals surface area contributed by atoms with Crippen LogP contribution in [-0.4, -0.2) is 18.4 Å². The van der Waals surface area contributed by atoms with Gasteiger partial charge in [-0.1, -0.05) is 42.5 Å². The van der Waals surface area contributed by atoms with Crippen molar-refractivity contribution < 1.29 is 14.3 Å². The average Bonchev–Trinajstić information content (AvgIpc) is 2.71. The van der Waals surface area contributed by atoms with Gasteiger partial charge in [0.15, 0.2) is 6.61 Å². The smallest absolute Gasteiger partial charge is 0.262 e. The second-order valence-electron chi connectivity index (χ2n) is 6.40. The highest BCUT2D eigenvalue weighted by Gasteiger charge is 2.14. The monoisotopic (exact) mass is 374 g/mol. The van der Waals surface area contributed by atoms with Gasteiger partial charge in [-0.2, -0.15) is 0 Å². The number of para-hydroxylation sites is 2. The molecule has 0 aliphatic heterocycles. The molecular weight excluding hydrogens is 352 g/mol. The summed E-state index contributed by atoms with van der Waals surface area (Å²) < 4.78 is 5.45. The van der Waals surface area contributed by atoms with Crippen molar-refractivity contribution in [2.75, 3.05) is 17.2 Å². The molecule has 0 radical (unpaired) electrons. The van der Waals surface area contributed by atoms with Crippen LogP contribution in [0.4, 0.5) is 11.4 Å². The van der Waals surface area contributed by atoms with E-state index in [-0.39, 0.29) is 18.4 Å². The molecule has 0 saturated heterocycles. The SMILES string of the molecule is Cc1cccc(NC(=O)c2ccccc2NC(=O)COc2ccccc2)c1C. The number of nitrogens with one attached hydrogen (secondary N) is 2. The first kappa shape index (κ1) is 19.2. The summed E-state index contributed by atoms with van der Waals surface area (Å²) >= 11 is 0. The van der Waals surface area contributed by atoms with E-state index in [0.717, 1.165) is 16.8 Å². The van der Waals surface area contributed by atoms with Gasteiger partial charge in [-0.25, -0.2) is 0 Å². The van der Waals surface area contributed by atoms with Gasteiger partial charge in [0.2, 0.25) is 0 Å². The Hall–Kier alpha value is -3.60. The van der Waals surface area contributed by atoms with E-state index in [0.29, 0.717) is 17.0 Å². The molecule has 0 fully saturated rings. The number of aryl methyl sites for hydroxylation is 1. The van der Waals surface area contributed by atoms with Gasteiger partial charge in [-0.05, 0) is 55.3 Å². The van der Waals surface area contributed by atoms with Crippen LogP contribution in [-0.2, 0) is 4.79 Å². The van der Waals surface area contributed by atoms with E-state index in [1.165, 1.54) is 0 Å². The largest absolute Gasteiger partial charge is 0.484 e. The molecule has 0 saturated carbocycles. The normalized spacial score (nSPS) is 10.2. The van der Waals surface area contributed by atoms with Gasteiger partial charge in [0.05, 0.1) is 11.3 Å². The third-order valence-corrected chi connectivity index (χ3v) is 4.41. The first-order chi connectivity index (χ1) is 13.5. The lowest BCUT2D eigenvalue weighted by molar-refractivity contribution is -0.118. The number of anilines is 2. The van der Waals surface area contributed by atoms with E-state index in [2.05, 4.69) is 10.6 Å². The first-order valence-corrected chi connectivity index (χ1v) is 8.99. The van der Waals surface area contributed by atoms with E-state index in [9.17, 15) is 9.59 Å². The van der Waals surface area contributed by atoms with Crippen molar-refractivity contribution >= 4 is 23.2 Å². The predicted octanol–water partition coefficient (Wildman–Crippen LogP) is 4.57. The van der Waals surface area contributed by atoms with E-state index in [1.807, 2.05) is 50.2 Å². The maximum atomic E-state index is 12.8. The van der Waals surface area contributed by atoms with Gasteiger partial charge in [0, 0.05) is 5.69 Å². The molecule has 0 heterocycles.